The second-order valence-corrected chi connectivity index (χ2v) is 4.79. The molecule has 22 heavy (non-hydrogen) atoms. The molecule has 2 aromatic carbocycles. The van der Waals surface area contributed by atoms with Crippen LogP contribution in [0.2, 0.25) is 0 Å². The first kappa shape index (κ1) is 14.2. The third kappa shape index (κ3) is 2.33. The van der Waals surface area contributed by atoms with Crippen LogP contribution >= 0.6 is 0 Å². The molecule has 112 valence electrons. The van der Waals surface area contributed by atoms with Crippen LogP contribution in [0.5, 0.6) is 17.2 Å². The smallest absolute Gasteiger partial charge is 0.203 e. The van der Waals surface area contributed by atoms with Crippen LogP contribution in [0.25, 0.3) is 22.0 Å². The highest BCUT2D eigenvalue weighted by molar-refractivity contribution is 5.94. The Labute approximate surface area is 129 Å². The lowest BCUT2D eigenvalue weighted by Crippen LogP contribution is -1.96. The Morgan fingerprint density at radius 1 is 0.818 bits per heavy atom. The molecule has 0 radical (unpaired) electrons. The Morgan fingerprint density at radius 2 is 1.50 bits per heavy atom. The molecule has 1 aromatic heterocycles. The molecule has 0 amide bonds. The van der Waals surface area contributed by atoms with E-state index < -0.39 is 0 Å². The molecule has 3 aromatic rings. The number of benzene rings is 2. The van der Waals surface area contributed by atoms with Gasteiger partial charge < -0.3 is 14.2 Å². The fourth-order valence-electron chi connectivity index (χ4n) is 2.57. The maximum Gasteiger partial charge on any atom is 0.203 e. The first-order valence-electron chi connectivity index (χ1n) is 6.92. The molecule has 1 heterocycles. The van der Waals surface area contributed by atoms with E-state index in [4.69, 9.17) is 14.2 Å². The molecular formula is C18H17NO3. The van der Waals surface area contributed by atoms with Crippen molar-refractivity contribution >= 4 is 10.9 Å². The Kier molecular flexibility index (Phi) is 3.83. The number of rotatable bonds is 4. The minimum absolute atomic E-state index is 0.585. The molecule has 0 unspecified atom stereocenters. The number of nitrogens with zero attached hydrogens (tertiary/aromatic N) is 1. The van der Waals surface area contributed by atoms with E-state index in [0.717, 1.165) is 22.0 Å². The van der Waals surface area contributed by atoms with Gasteiger partial charge >= 0.3 is 0 Å². The minimum atomic E-state index is 0.585. The number of methoxy groups -OCH3 is 3. The van der Waals surface area contributed by atoms with Crippen molar-refractivity contribution in [3.05, 3.63) is 48.7 Å². The molecule has 0 spiro atoms. The van der Waals surface area contributed by atoms with Gasteiger partial charge in [0, 0.05) is 17.1 Å². The summed E-state index contributed by atoms with van der Waals surface area (Å²) in [7, 11) is 4.82. The number of pyridine rings is 1. The van der Waals surface area contributed by atoms with Crippen molar-refractivity contribution in [1.29, 1.82) is 0 Å². The van der Waals surface area contributed by atoms with E-state index in [-0.39, 0.29) is 0 Å². The third-order valence-electron chi connectivity index (χ3n) is 3.61. The molecule has 3 rings (SSSR count). The standard InChI is InChI=1S/C18H17NO3/c1-20-15-10-13(11-16(21-2)18(15)22-3)14-8-4-6-12-7-5-9-19-17(12)14/h4-11H,1-3H3. The summed E-state index contributed by atoms with van der Waals surface area (Å²) in [6.45, 7) is 0. The summed E-state index contributed by atoms with van der Waals surface area (Å²) >= 11 is 0. The van der Waals surface area contributed by atoms with E-state index in [1.807, 2.05) is 42.5 Å². The fraction of sp³-hybridized carbons (Fsp3) is 0.167. The Bertz CT molecular complexity index is 784. The number of aromatic nitrogens is 1. The normalized spacial score (nSPS) is 10.5. The number of hydrogen-bond acceptors (Lipinski definition) is 4. The van der Waals surface area contributed by atoms with Crippen LogP contribution in [-0.4, -0.2) is 26.3 Å². The van der Waals surface area contributed by atoms with Crippen molar-refractivity contribution in [3.63, 3.8) is 0 Å². The number of fused-ring (bicyclic) bond motifs is 1. The van der Waals surface area contributed by atoms with Gasteiger partial charge in [0.25, 0.3) is 0 Å². The van der Waals surface area contributed by atoms with Crippen molar-refractivity contribution in [2.24, 2.45) is 0 Å². The Hall–Kier alpha value is -2.75. The zero-order chi connectivity index (χ0) is 15.5. The summed E-state index contributed by atoms with van der Waals surface area (Å²) in [5.74, 6) is 1.84. The number of ether oxygens (including phenoxy) is 3. The third-order valence-corrected chi connectivity index (χ3v) is 3.61. The molecule has 0 aliphatic carbocycles. The maximum atomic E-state index is 5.43. The number of para-hydroxylation sites is 1. The van der Waals surface area contributed by atoms with Gasteiger partial charge in [0.2, 0.25) is 5.75 Å². The van der Waals surface area contributed by atoms with Crippen molar-refractivity contribution in [3.8, 4) is 28.4 Å². The van der Waals surface area contributed by atoms with Crippen LogP contribution in [0.1, 0.15) is 0 Å². The van der Waals surface area contributed by atoms with E-state index in [1.165, 1.54) is 0 Å². The van der Waals surface area contributed by atoms with E-state index >= 15 is 0 Å². The summed E-state index contributed by atoms with van der Waals surface area (Å²) < 4.78 is 16.2. The summed E-state index contributed by atoms with van der Waals surface area (Å²) in [6.07, 6.45) is 1.80. The zero-order valence-electron chi connectivity index (χ0n) is 12.8. The van der Waals surface area contributed by atoms with E-state index in [1.54, 1.807) is 27.5 Å². The van der Waals surface area contributed by atoms with Crippen LogP contribution in [0.15, 0.2) is 48.7 Å². The largest absolute Gasteiger partial charge is 0.493 e. The highest BCUT2D eigenvalue weighted by Crippen LogP contribution is 2.42. The predicted octanol–water partition coefficient (Wildman–Crippen LogP) is 3.93. The van der Waals surface area contributed by atoms with Gasteiger partial charge in [-0.15, -0.1) is 0 Å². The average Bonchev–Trinajstić information content (AvgIpc) is 2.59. The van der Waals surface area contributed by atoms with Crippen molar-refractivity contribution in [2.75, 3.05) is 21.3 Å². The minimum Gasteiger partial charge on any atom is -0.493 e. The van der Waals surface area contributed by atoms with Crippen molar-refractivity contribution in [1.82, 2.24) is 4.98 Å². The lowest BCUT2D eigenvalue weighted by Gasteiger charge is -2.15. The highest BCUT2D eigenvalue weighted by atomic mass is 16.5. The van der Waals surface area contributed by atoms with Gasteiger partial charge in [0.05, 0.1) is 26.8 Å². The zero-order valence-corrected chi connectivity index (χ0v) is 12.8. The monoisotopic (exact) mass is 295 g/mol. The second kappa shape index (κ2) is 5.93. The average molecular weight is 295 g/mol. The summed E-state index contributed by atoms with van der Waals surface area (Å²) in [4.78, 5) is 4.50. The Morgan fingerprint density at radius 3 is 2.14 bits per heavy atom. The lowest BCUT2D eigenvalue weighted by molar-refractivity contribution is 0.324. The number of hydrogen-bond donors (Lipinski definition) is 0. The van der Waals surface area contributed by atoms with E-state index in [9.17, 15) is 0 Å². The van der Waals surface area contributed by atoms with Crippen molar-refractivity contribution in [2.45, 2.75) is 0 Å². The summed E-state index contributed by atoms with van der Waals surface area (Å²) in [5.41, 5.74) is 2.94. The predicted molar refractivity (Wildman–Crippen MR) is 86.8 cm³/mol. The lowest BCUT2D eigenvalue weighted by atomic mass is 10.0. The molecule has 4 heteroatoms. The molecule has 0 N–H and O–H groups in total. The van der Waals surface area contributed by atoms with Gasteiger partial charge in [-0.3, -0.25) is 4.98 Å². The molecule has 4 nitrogen and oxygen atoms in total. The summed E-state index contributed by atoms with van der Waals surface area (Å²) in [6, 6.07) is 13.9. The van der Waals surface area contributed by atoms with Gasteiger partial charge in [-0.1, -0.05) is 24.3 Å². The van der Waals surface area contributed by atoms with Gasteiger partial charge in [-0.25, -0.2) is 0 Å². The quantitative estimate of drug-likeness (QED) is 0.731. The molecule has 0 saturated heterocycles. The van der Waals surface area contributed by atoms with Gasteiger partial charge in [0.1, 0.15) is 0 Å². The maximum absolute atomic E-state index is 5.43. The van der Waals surface area contributed by atoms with Crippen LogP contribution in [0.4, 0.5) is 0 Å². The molecule has 0 saturated carbocycles. The molecule has 0 aliphatic rings. The van der Waals surface area contributed by atoms with E-state index in [0.29, 0.717) is 17.2 Å². The molecule has 0 fully saturated rings. The van der Waals surface area contributed by atoms with Crippen molar-refractivity contribution < 1.29 is 14.2 Å². The first-order chi connectivity index (χ1) is 10.8. The first-order valence-corrected chi connectivity index (χ1v) is 6.92. The van der Waals surface area contributed by atoms with Gasteiger partial charge in [-0.05, 0) is 23.8 Å². The highest BCUT2D eigenvalue weighted by Gasteiger charge is 2.15. The molecule has 0 bridgehead atoms. The van der Waals surface area contributed by atoms with Crippen LogP contribution in [-0.2, 0) is 0 Å². The van der Waals surface area contributed by atoms with Crippen LogP contribution in [0, 0.1) is 0 Å². The molecule has 0 aliphatic heterocycles. The van der Waals surface area contributed by atoms with Gasteiger partial charge in [0.15, 0.2) is 11.5 Å². The van der Waals surface area contributed by atoms with E-state index in [2.05, 4.69) is 4.98 Å². The van der Waals surface area contributed by atoms with Crippen LogP contribution in [0.3, 0.4) is 0 Å². The SMILES string of the molecule is COc1cc(-c2cccc3cccnc23)cc(OC)c1OC. The van der Waals surface area contributed by atoms with Gasteiger partial charge in [-0.2, -0.15) is 0 Å². The molecule has 0 atom stereocenters. The molecular weight excluding hydrogens is 278 g/mol. The Balaban J connectivity index is 2.27. The van der Waals surface area contributed by atoms with Crippen LogP contribution < -0.4 is 14.2 Å². The topological polar surface area (TPSA) is 40.6 Å². The second-order valence-electron chi connectivity index (χ2n) is 4.79. The summed E-state index contributed by atoms with van der Waals surface area (Å²) in [5, 5.41) is 1.09. The fourth-order valence-corrected chi connectivity index (χ4v) is 2.57.